The van der Waals surface area contributed by atoms with E-state index in [1.54, 1.807) is 32.2 Å². The monoisotopic (exact) mass is 382 g/mol. The first-order valence-corrected chi connectivity index (χ1v) is 9.35. The molecule has 3 rings (SSSR count). The van der Waals surface area contributed by atoms with Crippen molar-refractivity contribution in [2.24, 2.45) is 0 Å². The quantitative estimate of drug-likeness (QED) is 0.748. The molecule has 0 aliphatic carbocycles. The highest BCUT2D eigenvalue weighted by atomic mass is 16.5. The highest BCUT2D eigenvalue weighted by molar-refractivity contribution is 6.01. The first kappa shape index (κ1) is 19.9. The number of nitrogens with one attached hydrogen (secondary N) is 1. The van der Waals surface area contributed by atoms with Crippen molar-refractivity contribution in [3.63, 3.8) is 0 Å². The van der Waals surface area contributed by atoms with Crippen LogP contribution >= 0.6 is 0 Å². The smallest absolute Gasteiger partial charge is 0.254 e. The predicted molar refractivity (Wildman–Crippen MR) is 107 cm³/mol. The van der Waals surface area contributed by atoms with E-state index < -0.39 is 12.0 Å². The number of nitrogens with zero attached hydrogens (tertiary/aromatic N) is 1. The summed E-state index contributed by atoms with van der Waals surface area (Å²) >= 11 is 0. The Morgan fingerprint density at radius 3 is 2.50 bits per heavy atom. The largest absolute Gasteiger partial charge is 0.497 e. The van der Waals surface area contributed by atoms with Crippen molar-refractivity contribution in [3.05, 3.63) is 65.2 Å². The van der Waals surface area contributed by atoms with Gasteiger partial charge in [-0.15, -0.1) is 0 Å². The maximum absolute atomic E-state index is 13.2. The molecule has 1 N–H and O–H groups in total. The molecule has 0 fully saturated rings. The van der Waals surface area contributed by atoms with Gasteiger partial charge in [0.05, 0.1) is 19.1 Å². The van der Waals surface area contributed by atoms with E-state index in [2.05, 4.69) is 5.32 Å². The molecular formula is C22H26N2O4. The van der Waals surface area contributed by atoms with Crippen LogP contribution in [0.25, 0.3) is 0 Å². The van der Waals surface area contributed by atoms with Crippen LogP contribution in [0.5, 0.6) is 5.75 Å². The van der Waals surface area contributed by atoms with Gasteiger partial charge < -0.3 is 19.7 Å². The SMILES string of the molecule is COCCCNC(=O)C1c2ccccc2C(=O)N(C)C1c1ccc(OC)cc1. The molecule has 2 amide bonds. The number of carbonyl (C=O) groups excluding carboxylic acids is 2. The molecule has 6 heteroatoms. The first-order valence-electron chi connectivity index (χ1n) is 9.35. The second-order valence-corrected chi connectivity index (χ2v) is 6.84. The van der Waals surface area contributed by atoms with Gasteiger partial charge in [-0.05, 0) is 35.7 Å². The molecule has 0 aromatic heterocycles. The Morgan fingerprint density at radius 2 is 1.82 bits per heavy atom. The van der Waals surface area contributed by atoms with Crippen LogP contribution in [-0.2, 0) is 9.53 Å². The van der Waals surface area contributed by atoms with Crippen LogP contribution in [0.3, 0.4) is 0 Å². The van der Waals surface area contributed by atoms with Crippen LogP contribution in [0.2, 0.25) is 0 Å². The number of benzene rings is 2. The lowest BCUT2D eigenvalue weighted by Gasteiger charge is -2.39. The molecule has 0 bridgehead atoms. The van der Waals surface area contributed by atoms with E-state index in [-0.39, 0.29) is 11.8 Å². The second-order valence-electron chi connectivity index (χ2n) is 6.84. The van der Waals surface area contributed by atoms with E-state index in [1.165, 1.54) is 0 Å². The van der Waals surface area contributed by atoms with E-state index >= 15 is 0 Å². The Balaban J connectivity index is 1.98. The van der Waals surface area contributed by atoms with Crippen molar-refractivity contribution in [2.45, 2.75) is 18.4 Å². The summed E-state index contributed by atoms with van der Waals surface area (Å²) in [6.07, 6.45) is 0.735. The number of hydrogen-bond donors (Lipinski definition) is 1. The third kappa shape index (κ3) is 3.87. The zero-order valence-corrected chi connectivity index (χ0v) is 16.5. The van der Waals surface area contributed by atoms with E-state index in [9.17, 15) is 9.59 Å². The number of ether oxygens (including phenoxy) is 2. The molecule has 0 saturated heterocycles. The zero-order chi connectivity index (χ0) is 20.1. The Bertz CT molecular complexity index is 835. The van der Waals surface area contributed by atoms with Crippen LogP contribution in [0.4, 0.5) is 0 Å². The average molecular weight is 382 g/mol. The number of fused-ring (bicyclic) bond motifs is 1. The van der Waals surface area contributed by atoms with E-state index in [1.807, 2.05) is 42.5 Å². The number of likely N-dealkylation sites (N-methyl/N-ethyl adjacent to an activating group) is 1. The molecule has 148 valence electrons. The molecule has 0 saturated carbocycles. The van der Waals surface area contributed by atoms with Crippen LogP contribution in [0, 0.1) is 0 Å². The van der Waals surface area contributed by atoms with Gasteiger partial charge in [0.2, 0.25) is 5.91 Å². The Hall–Kier alpha value is -2.86. The Labute approximate surface area is 165 Å². The highest BCUT2D eigenvalue weighted by Gasteiger charge is 2.42. The van der Waals surface area contributed by atoms with Gasteiger partial charge in [-0.2, -0.15) is 0 Å². The van der Waals surface area contributed by atoms with Gasteiger partial charge in [0.25, 0.3) is 5.91 Å². The molecule has 1 aliphatic heterocycles. The van der Waals surface area contributed by atoms with Gasteiger partial charge >= 0.3 is 0 Å². The zero-order valence-electron chi connectivity index (χ0n) is 16.5. The fraction of sp³-hybridized carbons (Fsp3) is 0.364. The average Bonchev–Trinajstić information content (AvgIpc) is 2.73. The molecule has 2 unspecified atom stereocenters. The molecule has 0 radical (unpaired) electrons. The summed E-state index contributed by atoms with van der Waals surface area (Å²) in [5, 5.41) is 3.00. The predicted octanol–water partition coefficient (Wildman–Crippen LogP) is 2.76. The number of hydrogen-bond acceptors (Lipinski definition) is 4. The molecule has 28 heavy (non-hydrogen) atoms. The molecule has 0 spiro atoms. The number of methoxy groups -OCH3 is 2. The lowest BCUT2D eigenvalue weighted by Crippen LogP contribution is -2.45. The lowest BCUT2D eigenvalue weighted by molar-refractivity contribution is -0.124. The van der Waals surface area contributed by atoms with Crippen molar-refractivity contribution in [3.8, 4) is 5.75 Å². The summed E-state index contributed by atoms with van der Waals surface area (Å²) in [7, 11) is 5.00. The van der Waals surface area contributed by atoms with Gasteiger partial charge in [0.1, 0.15) is 5.75 Å². The molecule has 1 heterocycles. The number of carbonyl (C=O) groups is 2. The van der Waals surface area contributed by atoms with Crippen LogP contribution in [-0.4, -0.2) is 51.1 Å². The molecule has 1 aliphatic rings. The number of rotatable bonds is 7. The van der Waals surface area contributed by atoms with Gasteiger partial charge in [-0.1, -0.05) is 30.3 Å². The van der Waals surface area contributed by atoms with Crippen molar-refractivity contribution < 1.29 is 19.1 Å². The fourth-order valence-corrected chi connectivity index (χ4v) is 3.71. The third-order valence-electron chi connectivity index (χ3n) is 5.14. The maximum Gasteiger partial charge on any atom is 0.254 e. The second kappa shape index (κ2) is 8.89. The van der Waals surface area contributed by atoms with Crippen molar-refractivity contribution in [1.29, 1.82) is 0 Å². The van der Waals surface area contributed by atoms with Crippen LogP contribution < -0.4 is 10.1 Å². The minimum absolute atomic E-state index is 0.0835. The third-order valence-corrected chi connectivity index (χ3v) is 5.14. The molecule has 2 aromatic rings. The summed E-state index contributed by atoms with van der Waals surface area (Å²) in [6.45, 7) is 1.11. The highest BCUT2D eigenvalue weighted by Crippen LogP contribution is 2.42. The Morgan fingerprint density at radius 1 is 1.11 bits per heavy atom. The topological polar surface area (TPSA) is 67.9 Å². The summed E-state index contributed by atoms with van der Waals surface area (Å²) in [4.78, 5) is 27.8. The minimum Gasteiger partial charge on any atom is -0.497 e. The van der Waals surface area contributed by atoms with Crippen LogP contribution in [0.15, 0.2) is 48.5 Å². The normalized spacial score (nSPS) is 18.5. The fourth-order valence-electron chi connectivity index (χ4n) is 3.71. The minimum atomic E-state index is -0.491. The van der Waals surface area contributed by atoms with Gasteiger partial charge in [-0.25, -0.2) is 0 Å². The Kier molecular flexibility index (Phi) is 6.31. The summed E-state index contributed by atoms with van der Waals surface area (Å²) in [5.74, 6) is 0.0629. The number of amides is 2. The van der Waals surface area contributed by atoms with Gasteiger partial charge in [-0.3, -0.25) is 9.59 Å². The van der Waals surface area contributed by atoms with Crippen molar-refractivity contribution >= 4 is 11.8 Å². The first-order chi connectivity index (χ1) is 13.6. The van der Waals surface area contributed by atoms with Crippen molar-refractivity contribution in [1.82, 2.24) is 10.2 Å². The lowest BCUT2D eigenvalue weighted by atomic mass is 9.79. The molecular weight excluding hydrogens is 356 g/mol. The van der Waals surface area contributed by atoms with E-state index in [4.69, 9.17) is 9.47 Å². The summed E-state index contributed by atoms with van der Waals surface area (Å²) in [5.41, 5.74) is 2.23. The van der Waals surface area contributed by atoms with Crippen LogP contribution in [0.1, 0.15) is 39.9 Å². The van der Waals surface area contributed by atoms with E-state index in [0.717, 1.165) is 23.3 Å². The van der Waals surface area contributed by atoms with Gasteiger partial charge in [0.15, 0.2) is 0 Å². The molecule has 6 nitrogen and oxygen atoms in total. The van der Waals surface area contributed by atoms with Gasteiger partial charge in [0, 0.05) is 32.9 Å². The molecule has 2 atom stereocenters. The summed E-state index contributed by atoms with van der Waals surface area (Å²) in [6, 6.07) is 14.5. The maximum atomic E-state index is 13.2. The standard InChI is InChI=1S/C22H26N2O4/c1-24-20(15-9-11-16(28-3)12-10-15)19(21(25)23-13-6-14-27-2)17-7-4-5-8-18(17)22(24)26/h4-5,7-12,19-20H,6,13-14H2,1-3H3,(H,23,25). The van der Waals surface area contributed by atoms with Crippen molar-refractivity contribution in [2.75, 3.05) is 34.4 Å². The molecule has 2 aromatic carbocycles. The summed E-state index contributed by atoms with van der Waals surface area (Å²) < 4.78 is 10.3. The van der Waals surface area contributed by atoms with E-state index in [0.29, 0.717) is 18.7 Å².